The predicted molar refractivity (Wildman–Crippen MR) is 463 cm³/mol. The van der Waals surface area contributed by atoms with Gasteiger partial charge in [0.05, 0.1) is 22.3 Å². The zero-order valence-electron chi connectivity index (χ0n) is 68.2. The predicted octanol–water partition coefficient (Wildman–Crippen LogP) is 14.1. The maximum absolute atomic E-state index is 12.9. The van der Waals surface area contributed by atoms with Crippen LogP contribution in [0.3, 0.4) is 0 Å². The second kappa shape index (κ2) is 42.7. The van der Waals surface area contributed by atoms with E-state index in [4.69, 9.17) is 22.9 Å². The first-order valence-electron chi connectivity index (χ1n) is 40.8. The molecule has 0 spiro atoms. The van der Waals surface area contributed by atoms with Crippen LogP contribution in [0.5, 0.6) is 0 Å². The van der Waals surface area contributed by atoms with Crippen molar-refractivity contribution in [1.29, 1.82) is 0 Å². The summed E-state index contributed by atoms with van der Waals surface area (Å²) < 4.78 is 0. The van der Waals surface area contributed by atoms with Crippen LogP contribution in [0.25, 0.3) is 0 Å². The Morgan fingerprint density at radius 3 is 0.696 bits per heavy atom. The maximum atomic E-state index is 12.9. The Morgan fingerprint density at radius 1 is 0.321 bits per heavy atom. The van der Waals surface area contributed by atoms with Crippen molar-refractivity contribution in [3.8, 4) is 0 Å². The summed E-state index contributed by atoms with van der Waals surface area (Å²) in [6, 6.07) is 39.7. The molecule has 608 valence electrons. The Kier molecular flexibility index (Phi) is 32.8. The number of hydrogen-bond donors (Lipinski definition) is 8. The van der Waals surface area contributed by atoms with Crippen LogP contribution in [0, 0.1) is 23.7 Å². The molecule has 24 heteroatoms. The number of nitrogens with two attached hydrogens (primary N) is 4. The fourth-order valence-electron chi connectivity index (χ4n) is 15.8. The van der Waals surface area contributed by atoms with Gasteiger partial charge in [0.1, 0.15) is 69.3 Å². The van der Waals surface area contributed by atoms with E-state index in [1.807, 2.05) is 48.5 Å². The number of carbonyl (C=O) groups is 4. The van der Waals surface area contributed by atoms with Crippen LogP contribution in [-0.4, -0.2) is 164 Å². The van der Waals surface area contributed by atoms with E-state index >= 15 is 0 Å². The van der Waals surface area contributed by atoms with Gasteiger partial charge in [0, 0.05) is 131 Å². The monoisotopic (exact) mass is 1530 g/mol. The lowest BCUT2D eigenvalue weighted by Gasteiger charge is -2.40. The molecule has 0 bridgehead atoms. The highest BCUT2D eigenvalue weighted by molar-refractivity contribution is 6.12. The molecular formula is C88H132N20O4. The molecule has 4 aliphatic rings. The van der Waals surface area contributed by atoms with Crippen molar-refractivity contribution in [3.63, 3.8) is 0 Å². The molecule has 12 rings (SSSR count). The van der Waals surface area contributed by atoms with Gasteiger partial charge < -0.3 is 63.8 Å². The van der Waals surface area contributed by atoms with E-state index in [2.05, 4.69) is 164 Å². The van der Waals surface area contributed by atoms with Crippen molar-refractivity contribution < 1.29 is 24.9 Å². The molecule has 4 saturated heterocycles. The Labute approximate surface area is 670 Å². The van der Waals surface area contributed by atoms with Crippen LogP contribution in [0.15, 0.2) is 146 Å². The van der Waals surface area contributed by atoms with Gasteiger partial charge in [-0.05, 0) is 172 Å². The van der Waals surface area contributed by atoms with E-state index in [1.54, 1.807) is 97.6 Å². The second-order valence-electron chi connectivity index (χ2n) is 32.1. The fraction of sp³-hybridized carbons (Fsp3) is 0.500. The van der Waals surface area contributed by atoms with Crippen LogP contribution < -0.4 is 63.8 Å². The molecule has 12 heterocycles. The van der Waals surface area contributed by atoms with Crippen LogP contribution >= 0.6 is 0 Å². The topological polar surface area (TPSA) is 337 Å². The van der Waals surface area contributed by atoms with E-state index < -0.39 is 0 Å². The number of rotatable bonds is 28. The number of nitrogens with zero attached hydrogens (tertiary/aromatic N) is 12. The molecule has 0 unspecified atom stereocenters. The lowest BCUT2D eigenvalue weighted by Crippen LogP contribution is -2.57. The first-order chi connectivity index (χ1) is 53.9. The lowest BCUT2D eigenvalue weighted by molar-refractivity contribution is 0.102. The minimum Gasteiger partial charge on any atom is -0.383 e. The van der Waals surface area contributed by atoms with Crippen molar-refractivity contribution in [3.05, 3.63) is 191 Å². The minimum atomic E-state index is -0.188. The fourth-order valence-corrected chi connectivity index (χ4v) is 15.8. The summed E-state index contributed by atoms with van der Waals surface area (Å²) in [6.07, 6.45) is 20.0. The summed E-state index contributed by atoms with van der Waals surface area (Å²) >= 11 is 0. The number of nitrogens with one attached hydrogen (secondary N) is 4. The van der Waals surface area contributed by atoms with Crippen LogP contribution in [-0.2, 0) is 0 Å². The summed E-state index contributed by atoms with van der Waals surface area (Å²) in [5, 5.41) is 15.2. The number of pyridine rings is 8. The number of nitrogen functional groups attached to an aromatic ring is 4. The third-order valence-electron chi connectivity index (χ3n) is 20.5. The SMILES string of the molecule is CCC[C@@H]1CN(c2cccc(C(=O)c3cccnc3N)n2)C[C@H](CC(C)C)N1.CCC[C@@H]1CN(c2cccc(C(=O)c3cccnc3N)n2)C[C@H](CC(C)C)N1.CCC[C@H]1CN(c2cccc(C(=O)c3cccnc3N)n2)C[C@H](CC(C)C)N1.CCC[C@H]1CN(c2cccc(C(=O)c3cccnc3N)n2)C[C@H](CC(C)C)N1.[HH].[HH].[HH].[HH]. The summed E-state index contributed by atoms with van der Waals surface area (Å²) in [7, 11) is 0. The van der Waals surface area contributed by atoms with Gasteiger partial charge in [-0.25, -0.2) is 39.9 Å². The molecule has 0 aliphatic carbocycles. The number of carbonyl (C=O) groups excluding carboxylic acids is 4. The Morgan fingerprint density at radius 2 is 0.518 bits per heavy atom. The van der Waals surface area contributed by atoms with Crippen LogP contribution in [0.1, 0.15) is 230 Å². The molecule has 8 aromatic rings. The molecule has 0 aromatic carbocycles. The van der Waals surface area contributed by atoms with Gasteiger partial charge >= 0.3 is 0 Å². The first-order valence-corrected chi connectivity index (χ1v) is 40.8. The molecule has 0 saturated carbocycles. The van der Waals surface area contributed by atoms with Gasteiger partial charge in [0.2, 0.25) is 23.1 Å². The summed E-state index contributed by atoms with van der Waals surface area (Å²) in [5.74, 6) is 6.14. The van der Waals surface area contributed by atoms with Crippen molar-refractivity contribution in [1.82, 2.24) is 61.1 Å². The average molecular weight is 1530 g/mol. The molecule has 12 N–H and O–H groups in total. The molecule has 0 amide bonds. The largest absolute Gasteiger partial charge is 0.383 e. The van der Waals surface area contributed by atoms with Gasteiger partial charge in [-0.1, -0.05) is 133 Å². The van der Waals surface area contributed by atoms with Gasteiger partial charge in [-0.2, -0.15) is 0 Å². The molecule has 8 aromatic heterocycles. The van der Waals surface area contributed by atoms with E-state index in [1.165, 1.54) is 0 Å². The average Bonchev–Trinajstić information content (AvgIpc) is 0.825. The van der Waals surface area contributed by atoms with Crippen molar-refractivity contribution >= 4 is 69.7 Å². The van der Waals surface area contributed by atoms with Crippen LogP contribution in [0.4, 0.5) is 46.5 Å². The normalized spacial score (nSPS) is 19.8. The molecule has 8 atom stereocenters. The summed E-state index contributed by atoms with van der Waals surface area (Å²) in [6.45, 7) is 34.1. The van der Waals surface area contributed by atoms with Crippen molar-refractivity contribution in [2.75, 3.05) is 94.9 Å². The van der Waals surface area contributed by atoms with E-state index in [9.17, 15) is 19.2 Å². The zero-order chi connectivity index (χ0) is 80.4. The first kappa shape index (κ1) is 86.1. The number of ketones is 4. The minimum absolute atomic E-state index is 0. The number of piperazine rings is 4. The second-order valence-corrected chi connectivity index (χ2v) is 32.1. The third-order valence-corrected chi connectivity index (χ3v) is 20.5. The molecule has 4 aliphatic heterocycles. The van der Waals surface area contributed by atoms with Crippen LogP contribution in [0.2, 0.25) is 0 Å². The maximum Gasteiger partial charge on any atom is 0.215 e. The zero-order valence-corrected chi connectivity index (χ0v) is 68.2. The summed E-state index contributed by atoms with van der Waals surface area (Å²) in [4.78, 5) is 95.5. The highest BCUT2D eigenvalue weighted by Crippen LogP contribution is 2.28. The quantitative estimate of drug-likeness (QED) is 0.0211. The number of anilines is 8. The van der Waals surface area contributed by atoms with E-state index in [0.717, 1.165) is 153 Å². The molecule has 4 fully saturated rings. The number of aromatic nitrogens is 8. The molecule has 112 heavy (non-hydrogen) atoms. The van der Waals surface area contributed by atoms with E-state index in [0.29, 0.717) is 117 Å². The third kappa shape index (κ3) is 25.1. The van der Waals surface area contributed by atoms with Crippen molar-refractivity contribution in [2.45, 2.75) is 208 Å². The summed E-state index contributed by atoms with van der Waals surface area (Å²) in [5.41, 5.74) is 26.7. The Hall–Kier alpha value is -9.88. The molecule has 24 nitrogen and oxygen atoms in total. The molecular weight excluding hydrogens is 1400 g/mol. The Balaban J connectivity index is 0.000000273. The highest BCUT2D eigenvalue weighted by Gasteiger charge is 2.33. The lowest BCUT2D eigenvalue weighted by atomic mass is 9.98. The van der Waals surface area contributed by atoms with E-state index in [-0.39, 0.29) is 52.1 Å². The van der Waals surface area contributed by atoms with Gasteiger partial charge in [0.25, 0.3) is 0 Å². The van der Waals surface area contributed by atoms with Crippen molar-refractivity contribution in [2.24, 2.45) is 23.7 Å². The Bertz CT molecular complexity index is 3790. The highest BCUT2D eigenvalue weighted by atomic mass is 16.1. The standard InChI is InChI=1S/4C22H31N5O.4H2/c4*1-4-7-16-13-27(14-17(25-16)12-15(2)3)20-10-5-9-19(26-20)21(28)18-8-6-11-24-22(18)23;;;;/h4*5-6,8-11,15-17,25H,4,7,12-14H2,1-3H3,(H2,23,24);4*1H/t2*16-,17+;2*16-,17-;;;;/m1100..../s1. The van der Waals surface area contributed by atoms with Gasteiger partial charge in [0.15, 0.2) is 0 Å². The smallest absolute Gasteiger partial charge is 0.215 e. The van der Waals surface area contributed by atoms with Gasteiger partial charge in [-0.3, -0.25) is 19.2 Å². The molecule has 0 radical (unpaired) electrons. The van der Waals surface area contributed by atoms with Gasteiger partial charge in [-0.15, -0.1) is 0 Å². The number of hydrogen-bond acceptors (Lipinski definition) is 24.